The van der Waals surface area contributed by atoms with Crippen LogP contribution >= 0.6 is 11.6 Å². The van der Waals surface area contributed by atoms with E-state index < -0.39 is 0 Å². The van der Waals surface area contributed by atoms with E-state index >= 15 is 0 Å². The lowest BCUT2D eigenvalue weighted by Gasteiger charge is -2.32. The van der Waals surface area contributed by atoms with Crippen molar-refractivity contribution in [2.24, 2.45) is 0 Å². The van der Waals surface area contributed by atoms with Crippen LogP contribution in [0.25, 0.3) is 0 Å². The molecule has 104 valence electrons. The minimum absolute atomic E-state index is 0.0161. The van der Waals surface area contributed by atoms with Gasteiger partial charge in [-0.25, -0.2) is 0 Å². The molecule has 0 aromatic heterocycles. The molecule has 0 atom stereocenters. The number of alkyl halides is 1. The minimum atomic E-state index is 0.0161. The molecule has 0 saturated heterocycles. The maximum Gasteiger partial charge on any atom is 0.123 e. The first-order chi connectivity index (χ1) is 8.48. The number of hydrogen-bond donors (Lipinski definition) is 1. The highest BCUT2D eigenvalue weighted by molar-refractivity contribution is 6.15. The average molecular weight is 273 g/mol. The Kier molecular flexibility index (Phi) is 8.05. The van der Waals surface area contributed by atoms with Crippen LogP contribution in [0.15, 0.2) is 18.2 Å². The number of rotatable bonds is 0. The highest BCUT2D eigenvalue weighted by Crippen LogP contribution is 2.33. The largest absolute Gasteiger partial charge is 0.488 e. The van der Waals surface area contributed by atoms with Gasteiger partial charge in [0.05, 0.1) is 0 Å². The third-order valence-corrected chi connectivity index (χ3v) is 2.60. The van der Waals surface area contributed by atoms with Gasteiger partial charge in [0, 0.05) is 13.0 Å². The van der Waals surface area contributed by atoms with Crippen LogP contribution in [-0.2, 0) is 6.42 Å². The lowest BCUT2D eigenvalue weighted by molar-refractivity contribution is 0.0846. The number of aliphatic hydroxyl groups excluding tert-OH is 1. The van der Waals surface area contributed by atoms with Gasteiger partial charge < -0.3 is 9.84 Å². The molecule has 0 spiro atoms. The first-order valence-corrected chi connectivity index (χ1v) is 7.01. The van der Waals surface area contributed by atoms with Crippen LogP contribution < -0.4 is 4.74 Å². The van der Waals surface area contributed by atoms with E-state index in [2.05, 4.69) is 50.6 Å². The molecule has 1 aromatic carbocycles. The van der Waals surface area contributed by atoms with E-state index in [4.69, 9.17) is 9.84 Å². The van der Waals surface area contributed by atoms with Crippen LogP contribution in [0.2, 0.25) is 0 Å². The molecule has 0 unspecified atom stereocenters. The molecular formula is C15H25ClO2. The molecule has 2 rings (SSSR count). The smallest absolute Gasteiger partial charge is 0.123 e. The van der Waals surface area contributed by atoms with Gasteiger partial charge in [0.25, 0.3) is 0 Å². The highest BCUT2D eigenvalue weighted by atomic mass is 35.5. The van der Waals surface area contributed by atoms with Gasteiger partial charge in [-0.15, -0.1) is 11.6 Å². The van der Waals surface area contributed by atoms with E-state index in [-0.39, 0.29) is 12.2 Å². The van der Waals surface area contributed by atoms with E-state index in [1.165, 1.54) is 17.5 Å². The molecule has 0 fully saturated rings. The number of aryl methyl sites for hydroxylation is 2. The molecule has 1 heterocycles. The van der Waals surface area contributed by atoms with Crippen LogP contribution in [0.1, 0.15) is 38.3 Å². The molecule has 0 aliphatic carbocycles. The minimum Gasteiger partial charge on any atom is -0.488 e. The number of fused-ring (bicyclic) bond motifs is 1. The monoisotopic (exact) mass is 272 g/mol. The summed E-state index contributed by atoms with van der Waals surface area (Å²) >= 11 is 4.64. The summed E-state index contributed by atoms with van der Waals surface area (Å²) in [6, 6.07) is 6.43. The second-order valence-corrected chi connectivity index (χ2v) is 4.79. The first kappa shape index (κ1) is 17.3. The molecule has 1 aliphatic heterocycles. The molecule has 0 amide bonds. The third-order valence-electron chi connectivity index (χ3n) is 2.60. The maximum atomic E-state index is 7.57. The Hall–Kier alpha value is -0.730. The van der Waals surface area contributed by atoms with Crippen molar-refractivity contribution < 1.29 is 9.84 Å². The fourth-order valence-electron chi connectivity index (χ4n) is 1.79. The standard InChI is InChI=1S/C12H16O.C2H6O.CH3Cl/c1-9-4-5-11-10(8-9)6-7-12(2,3)13-11;1-2-3;1-2/h4-5,8H,6-7H2,1-3H3;3H,2H2,1H3;1H3. The summed E-state index contributed by atoms with van der Waals surface area (Å²) in [4.78, 5) is 0. The van der Waals surface area contributed by atoms with Crippen molar-refractivity contribution in [3.05, 3.63) is 29.3 Å². The summed E-state index contributed by atoms with van der Waals surface area (Å²) < 4.78 is 5.87. The number of hydrogen-bond acceptors (Lipinski definition) is 2. The molecule has 18 heavy (non-hydrogen) atoms. The Labute approximate surface area is 116 Å². The highest BCUT2D eigenvalue weighted by Gasteiger charge is 2.25. The zero-order chi connectivity index (χ0) is 14.2. The maximum absolute atomic E-state index is 7.57. The van der Waals surface area contributed by atoms with E-state index in [9.17, 15) is 0 Å². The summed E-state index contributed by atoms with van der Waals surface area (Å²) in [7, 11) is 0. The summed E-state index contributed by atoms with van der Waals surface area (Å²) in [6.07, 6.45) is 3.73. The zero-order valence-corrected chi connectivity index (χ0v) is 12.8. The van der Waals surface area contributed by atoms with Crippen molar-refractivity contribution in [1.29, 1.82) is 0 Å². The van der Waals surface area contributed by atoms with Gasteiger partial charge in [0.2, 0.25) is 0 Å². The van der Waals surface area contributed by atoms with Crippen LogP contribution in [-0.4, -0.2) is 23.7 Å². The summed E-state index contributed by atoms with van der Waals surface area (Å²) in [5.74, 6) is 1.07. The molecule has 3 heteroatoms. The van der Waals surface area contributed by atoms with Crippen LogP contribution in [0.3, 0.4) is 0 Å². The molecule has 1 N–H and O–H groups in total. The van der Waals surface area contributed by atoms with E-state index in [1.807, 2.05) is 0 Å². The van der Waals surface area contributed by atoms with Crippen molar-refractivity contribution in [1.82, 2.24) is 0 Å². The number of halogens is 1. The van der Waals surface area contributed by atoms with Gasteiger partial charge in [-0.1, -0.05) is 17.7 Å². The van der Waals surface area contributed by atoms with Crippen molar-refractivity contribution in [2.45, 2.75) is 46.1 Å². The van der Waals surface area contributed by atoms with Gasteiger partial charge in [-0.3, -0.25) is 0 Å². The molecule has 0 bridgehead atoms. The summed E-state index contributed by atoms with van der Waals surface area (Å²) in [5.41, 5.74) is 2.70. The van der Waals surface area contributed by atoms with Crippen molar-refractivity contribution in [3.63, 3.8) is 0 Å². The third kappa shape index (κ3) is 5.74. The van der Waals surface area contributed by atoms with Crippen LogP contribution in [0.5, 0.6) is 5.75 Å². The molecular weight excluding hydrogens is 248 g/mol. The molecule has 1 aliphatic rings. The van der Waals surface area contributed by atoms with Crippen molar-refractivity contribution in [2.75, 3.05) is 13.0 Å². The van der Waals surface area contributed by atoms with Gasteiger partial charge in [-0.2, -0.15) is 0 Å². The van der Waals surface area contributed by atoms with E-state index in [0.717, 1.165) is 18.6 Å². The quantitative estimate of drug-likeness (QED) is 0.725. The van der Waals surface area contributed by atoms with Gasteiger partial charge >= 0.3 is 0 Å². The van der Waals surface area contributed by atoms with Crippen LogP contribution in [0, 0.1) is 6.92 Å². The normalized spacial score (nSPS) is 15.1. The molecule has 0 saturated carbocycles. The Morgan fingerprint density at radius 2 is 1.89 bits per heavy atom. The predicted molar refractivity (Wildman–Crippen MR) is 78.7 cm³/mol. The van der Waals surface area contributed by atoms with E-state index in [1.54, 1.807) is 6.92 Å². The summed E-state index contributed by atoms with van der Waals surface area (Å²) in [5, 5.41) is 7.57. The topological polar surface area (TPSA) is 29.5 Å². The second-order valence-electron chi connectivity index (χ2n) is 4.79. The zero-order valence-electron chi connectivity index (χ0n) is 12.1. The Morgan fingerprint density at radius 3 is 2.44 bits per heavy atom. The number of ether oxygens (including phenoxy) is 1. The lowest BCUT2D eigenvalue weighted by Crippen LogP contribution is -2.32. The van der Waals surface area contributed by atoms with E-state index in [0.29, 0.717) is 0 Å². The first-order valence-electron chi connectivity index (χ1n) is 6.25. The van der Waals surface area contributed by atoms with Crippen molar-refractivity contribution >= 4 is 11.6 Å². The summed E-state index contributed by atoms with van der Waals surface area (Å²) in [6.45, 7) is 8.35. The Balaban J connectivity index is 0.000000509. The molecule has 1 aromatic rings. The Bertz CT molecular complexity index is 348. The fourth-order valence-corrected chi connectivity index (χ4v) is 1.79. The fraction of sp³-hybridized carbons (Fsp3) is 0.600. The van der Waals surface area contributed by atoms with Crippen molar-refractivity contribution in [3.8, 4) is 5.75 Å². The average Bonchev–Trinajstić information content (AvgIpc) is 2.33. The number of benzene rings is 1. The van der Waals surface area contributed by atoms with Gasteiger partial charge in [0.1, 0.15) is 11.4 Å². The second kappa shape index (κ2) is 8.39. The Morgan fingerprint density at radius 1 is 1.33 bits per heavy atom. The SMILES string of the molecule is CCO.CCl.Cc1ccc2c(c1)CCC(C)(C)O2. The molecule has 2 nitrogen and oxygen atoms in total. The number of aliphatic hydroxyl groups is 1. The predicted octanol–water partition coefficient (Wildman–Crippen LogP) is 3.95. The molecule has 0 radical (unpaired) electrons. The lowest BCUT2D eigenvalue weighted by atomic mass is 9.93. The van der Waals surface area contributed by atoms with Gasteiger partial charge in [-0.05, 0) is 52.2 Å². The van der Waals surface area contributed by atoms with Crippen LogP contribution in [0.4, 0.5) is 0 Å². The van der Waals surface area contributed by atoms with Gasteiger partial charge in [0.15, 0.2) is 0 Å².